The molecular formula is C24H30N4O. The molecule has 0 bridgehead atoms. The maximum atomic E-state index is 13.5. The van der Waals surface area contributed by atoms with Gasteiger partial charge in [-0.2, -0.15) is 0 Å². The molecule has 0 saturated heterocycles. The number of aromatic amines is 1. The van der Waals surface area contributed by atoms with Crippen LogP contribution in [0.5, 0.6) is 0 Å². The number of nitrogens with one attached hydrogen (secondary N) is 2. The summed E-state index contributed by atoms with van der Waals surface area (Å²) in [5.74, 6) is 0.325. The van der Waals surface area contributed by atoms with Crippen LogP contribution in [0.25, 0.3) is 0 Å². The number of carbonyl (C=O) groups excluding carboxylic acids is 1. The van der Waals surface area contributed by atoms with E-state index in [0.717, 1.165) is 23.2 Å². The summed E-state index contributed by atoms with van der Waals surface area (Å²) in [6, 6.07) is 20.1. The topological polar surface area (TPSA) is 61.0 Å². The Labute approximate surface area is 173 Å². The lowest BCUT2D eigenvalue weighted by atomic mass is 10.0. The molecule has 0 spiro atoms. The van der Waals surface area contributed by atoms with Gasteiger partial charge in [0.25, 0.3) is 0 Å². The summed E-state index contributed by atoms with van der Waals surface area (Å²) in [4.78, 5) is 22.7. The lowest BCUT2D eigenvalue weighted by Gasteiger charge is -2.30. The molecule has 0 unspecified atom stereocenters. The summed E-state index contributed by atoms with van der Waals surface area (Å²) in [5, 5.41) is 3.46. The van der Waals surface area contributed by atoms with Crippen molar-refractivity contribution in [3.8, 4) is 0 Å². The van der Waals surface area contributed by atoms with Crippen molar-refractivity contribution in [3.05, 3.63) is 90.0 Å². The Balaban J connectivity index is 1.72. The monoisotopic (exact) mass is 390 g/mol. The molecular weight excluding hydrogens is 360 g/mol. The van der Waals surface area contributed by atoms with Crippen molar-refractivity contribution in [3.63, 3.8) is 0 Å². The number of hydrogen-bond acceptors (Lipinski definition) is 3. The van der Waals surface area contributed by atoms with E-state index in [4.69, 9.17) is 0 Å². The second kappa shape index (κ2) is 10.6. The number of carbonyl (C=O) groups is 1. The Kier molecular flexibility index (Phi) is 7.59. The molecule has 152 valence electrons. The molecule has 2 N–H and O–H groups in total. The molecule has 1 amide bonds. The predicted octanol–water partition coefficient (Wildman–Crippen LogP) is 3.80. The molecule has 0 aliphatic carbocycles. The Hall–Kier alpha value is -2.92. The molecule has 0 saturated carbocycles. The first-order valence-electron chi connectivity index (χ1n) is 10.2. The molecule has 0 aliphatic heterocycles. The zero-order valence-corrected chi connectivity index (χ0v) is 17.2. The zero-order chi connectivity index (χ0) is 20.5. The summed E-state index contributed by atoms with van der Waals surface area (Å²) in [5.41, 5.74) is 3.27. The van der Waals surface area contributed by atoms with Gasteiger partial charge in [-0.25, -0.2) is 4.98 Å². The van der Waals surface area contributed by atoms with Crippen LogP contribution in [0.4, 0.5) is 0 Å². The van der Waals surface area contributed by atoms with Crippen LogP contribution < -0.4 is 5.32 Å². The number of benzene rings is 2. The molecule has 3 aromatic rings. The average molecular weight is 391 g/mol. The van der Waals surface area contributed by atoms with Crippen molar-refractivity contribution in [2.75, 3.05) is 6.54 Å². The number of rotatable bonds is 10. The van der Waals surface area contributed by atoms with Crippen LogP contribution in [0.1, 0.15) is 30.7 Å². The van der Waals surface area contributed by atoms with Crippen LogP contribution in [0.2, 0.25) is 0 Å². The van der Waals surface area contributed by atoms with Gasteiger partial charge in [-0.3, -0.25) is 4.79 Å². The van der Waals surface area contributed by atoms with Gasteiger partial charge in [0.1, 0.15) is 0 Å². The number of aromatic nitrogens is 2. The lowest BCUT2D eigenvalue weighted by molar-refractivity contribution is -0.135. The summed E-state index contributed by atoms with van der Waals surface area (Å²) in [7, 11) is 0. The molecule has 1 atom stereocenters. The summed E-state index contributed by atoms with van der Waals surface area (Å²) < 4.78 is 0. The van der Waals surface area contributed by atoms with Crippen LogP contribution in [0.3, 0.4) is 0 Å². The molecule has 5 nitrogen and oxygen atoms in total. The Morgan fingerprint density at radius 3 is 2.07 bits per heavy atom. The first-order chi connectivity index (χ1) is 14.1. The van der Waals surface area contributed by atoms with Crippen LogP contribution in [0.15, 0.2) is 73.2 Å². The zero-order valence-electron chi connectivity index (χ0n) is 17.2. The van der Waals surface area contributed by atoms with Crippen LogP contribution in [-0.4, -0.2) is 33.4 Å². The van der Waals surface area contributed by atoms with Gasteiger partial charge in [-0.05, 0) is 17.0 Å². The third-order valence-corrected chi connectivity index (χ3v) is 4.98. The SMILES string of the molecule is CC(C)[C@H](NCCc1c[nH]cn1)C(=O)N(Cc1ccccc1)Cc1ccccc1. The van der Waals surface area contributed by atoms with Crippen molar-refractivity contribution in [2.45, 2.75) is 39.4 Å². The fourth-order valence-electron chi connectivity index (χ4n) is 3.41. The second-order valence-corrected chi connectivity index (χ2v) is 7.65. The largest absolute Gasteiger partial charge is 0.351 e. The molecule has 1 heterocycles. The fourth-order valence-corrected chi connectivity index (χ4v) is 3.41. The molecule has 5 heteroatoms. The van der Waals surface area contributed by atoms with Crippen molar-refractivity contribution in [2.24, 2.45) is 5.92 Å². The Morgan fingerprint density at radius 1 is 1.00 bits per heavy atom. The maximum Gasteiger partial charge on any atom is 0.240 e. The number of H-pyrrole nitrogens is 1. The molecule has 0 fully saturated rings. The first-order valence-corrected chi connectivity index (χ1v) is 10.2. The Bertz CT molecular complexity index is 806. The quantitative estimate of drug-likeness (QED) is 0.554. The maximum absolute atomic E-state index is 13.5. The molecule has 29 heavy (non-hydrogen) atoms. The van der Waals surface area contributed by atoms with E-state index >= 15 is 0 Å². The third-order valence-electron chi connectivity index (χ3n) is 4.98. The van der Waals surface area contributed by atoms with E-state index in [1.807, 2.05) is 47.5 Å². The van der Waals surface area contributed by atoms with E-state index in [9.17, 15) is 4.79 Å². The van der Waals surface area contributed by atoms with Gasteiger partial charge in [0.15, 0.2) is 0 Å². The molecule has 3 rings (SSSR count). The van der Waals surface area contributed by atoms with Crippen molar-refractivity contribution < 1.29 is 4.79 Å². The fraction of sp³-hybridized carbons (Fsp3) is 0.333. The highest BCUT2D eigenvalue weighted by molar-refractivity contribution is 5.82. The number of imidazole rings is 1. The van der Waals surface area contributed by atoms with E-state index < -0.39 is 0 Å². The molecule has 0 aliphatic rings. The van der Waals surface area contributed by atoms with E-state index in [-0.39, 0.29) is 17.9 Å². The summed E-state index contributed by atoms with van der Waals surface area (Å²) >= 11 is 0. The van der Waals surface area contributed by atoms with Crippen molar-refractivity contribution >= 4 is 5.91 Å². The second-order valence-electron chi connectivity index (χ2n) is 7.65. The van der Waals surface area contributed by atoms with Crippen molar-refractivity contribution in [1.29, 1.82) is 0 Å². The summed E-state index contributed by atoms with van der Waals surface area (Å²) in [6.45, 7) is 6.09. The number of nitrogens with zero attached hydrogens (tertiary/aromatic N) is 2. The Morgan fingerprint density at radius 2 is 1.59 bits per heavy atom. The van der Waals surface area contributed by atoms with Gasteiger partial charge >= 0.3 is 0 Å². The van der Waals surface area contributed by atoms with E-state index in [1.54, 1.807) is 6.33 Å². The van der Waals surface area contributed by atoms with Gasteiger partial charge in [-0.15, -0.1) is 0 Å². The predicted molar refractivity (Wildman–Crippen MR) is 116 cm³/mol. The highest BCUT2D eigenvalue weighted by Crippen LogP contribution is 2.15. The van der Waals surface area contributed by atoms with E-state index in [1.165, 1.54) is 0 Å². The van der Waals surface area contributed by atoms with Gasteiger partial charge in [0, 0.05) is 32.3 Å². The van der Waals surface area contributed by atoms with E-state index in [2.05, 4.69) is 53.4 Å². The summed E-state index contributed by atoms with van der Waals surface area (Å²) in [6.07, 6.45) is 4.37. The molecule has 2 aromatic carbocycles. The average Bonchev–Trinajstić information content (AvgIpc) is 3.25. The van der Waals surface area contributed by atoms with Gasteiger partial charge < -0.3 is 15.2 Å². The molecule has 1 aromatic heterocycles. The lowest BCUT2D eigenvalue weighted by Crippen LogP contribution is -2.49. The minimum absolute atomic E-state index is 0.134. The van der Waals surface area contributed by atoms with E-state index in [0.29, 0.717) is 19.6 Å². The highest BCUT2D eigenvalue weighted by atomic mass is 16.2. The standard InChI is InChI=1S/C24H30N4O/c1-19(2)23(26-14-13-22-15-25-18-27-22)24(29)28(16-20-9-5-3-6-10-20)17-21-11-7-4-8-12-21/h3-12,15,18-19,23,26H,13-14,16-17H2,1-2H3,(H,25,27)/t23-/m0/s1. The number of hydrogen-bond donors (Lipinski definition) is 2. The van der Waals surface area contributed by atoms with Crippen molar-refractivity contribution in [1.82, 2.24) is 20.2 Å². The van der Waals surface area contributed by atoms with Crippen LogP contribution in [0, 0.1) is 5.92 Å². The van der Waals surface area contributed by atoms with Gasteiger partial charge in [-0.1, -0.05) is 74.5 Å². The minimum atomic E-state index is -0.235. The van der Waals surface area contributed by atoms with Crippen LogP contribution in [-0.2, 0) is 24.3 Å². The van der Waals surface area contributed by atoms with Crippen LogP contribution >= 0.6 is 0 Å². The smallest absolute Gasteiger partial charge is 0.240 e. The highest BCUT2D eigenvalue weighted by Gasteiger charge is 2.27. The van der Waals surface area contributed by atoms with Gasteiger partial charge in [0.05, 0.1) is 18.1 Å². The normalized spacial score (nSPS) is 12.1. The first kappa shape index (κ1) is 20.8. The van der Waals surface area contributed by atoms with Gasteiger partial charge in [0.2, 0.25) is 5.91 Å². The third kappa shape index (κ3) is 6.29. The minimum Gasteiger partial charge on any atom is -0.351 e. The molecule has 0 radical (unpaired) electrons. The number of amides is 1.